The Kier molecular flexibility index (Phi) is 8.29. The van der Waals surface area contributed by atoms with Crippen molar-refractivity contribution in [1.29, 1.82) is 0 Å². The topological polar surface area (TPSA) is 71.8 Å². The van der Waals surface area contributed by atoms with Gasteiger partial charge in [-0.2, -0.15) is 12.8 Å². The summed E-state index contributed by atoms with van der Waals surface area (Å²) < 4.78 is 32.6. The Hall–Kier alpha value is -4.77. The molecule has 0 unspecified atom stereocenters. The predicted molar refractivity (Wildman–Crippen MR) is 171 cm³/mol. The van der Waals surface area contributed by atoms with Crippen molar-refractivity contribution in [3.8, 4) is 33.5 Å². The molecule has 0 fully saturated rings. The van der Waals surface area contributed by atoms with Gasteiger partial charge in [-0.05, 0) is 39.7 Å². The maximum atomic E-state index is 12.3. The summed E-state index contributed by atoms with van der Waals surface area (Å²) in [6, 6.07) is 50.2. The third-order valence-electron chi connectivity index (χ3n) is 7.23. The van der Waals surface area contributed by atoms with Gasteiger partial charge in [-0.3, -0.25) is 0 Å². The number of hydrogen-bond acceptors (Lipinski definition) is 3. The van der Waals surface area contributed by atoms with E-state index < -0.39 is 10.2 Å². The van der Waals surface area contributed by atoms with Crippen LogP contribution in [-0.2, 0) is 31.3 Å². The molecule has 0 spiro atoms. The van der Waals surface area contributed by atoms with Crippen LogP contribution in [0.25, 0.3) is 55.1 Å². The van der Waals surface area contributed by atoms with E-state index in [9.17, 15) is 8.42 Å². The molecule has 0 radical (unpaired) electrons. The van der Waals surface area contributed by atoms with Crippen LogP contribution < -0.4 is 10.7 Å². The van der Waals surface area contributed by atoms with Gasteiger partial charge in [0.25, 0.3) is 0 Å². The molecule has 7 aromatic rings. The van der Waals surface area contributed by atoms with E-state index in [1.54, 1.807) is 6.20 Å². The minimum atomic E-state index is -3.91. The number of pyridine rings is 1. The van der Waals surface area contributed by atoms with Crippen LogP contribution in [-0.4, -0.2) is 13.4 Å². The van der Waals surface area contributed by atoms with Gasteiger partial charge in [0.2, 0.25) is 0 Å². The maximum absolute atomic E-state index is 12.3. The van der Waals surface area contributed by atoms with Gasteiger partial charge in [-0.15, -0.1) is 64.1 Å². The number of aromatic nitrogens is 1. The molecule has 0 amide bonds. The molecule has 0 bridgehead atoms. The Morgan fingerprint density at radius 2 is 1.23 bits per heavy atom. The largest absolute Gasteiger partial charge is 2.00 e. The molecule has 0 atom stereocenters. The van der Waals surface area contributed by atoms with Gasteiger partial charge in [-0.25, -0.2) is 0 Å². The Labute approximate surface area is 269 Å². The molecule has 0 N–H and O–H groups in total. The quantitative estimate of drug-likeness (QED) is 0.142. The van der Waals surface area contributed by atoms with Gasteiger partial charge in [0.15, 0.2) is 0 Å². The van der Waals surface area contributed by atoms with Gasteiger partial charge >= 0.3 is 31.3 Å². The zero-order chi connectivity index (χ0) is 29.2. The first-order valence-corrected chi connectivity index (χ1v) is 15.1. The van der Waals surface area contributed by atoms with Crippen molar-refractivity contribution in [2.24, 2.45) is 8.80 Å². The van der Waals surface area contributed by atoms with Crippen LogP contribution in [0.2, 0.25) is 0 Å². The maximum Gasteiger partial charge on any atom is 2.00 e. The van der Waals surface area contributed by atoms with E-state index in [0.717, 1.165) is 49.7 Å². The third kappa shape index (κ3) is 5.87. The van der Waals surface area contributed by atoms with Crippen LogP contribution in [0.5, 0.6) is 0 Å². The first-order valence-electron chi connectivity index (χ1n) is 13.7. The first kappa shape index (κ1) is 29.3. The molecule has 0 saturated heterocycles. The fourth-order valence-electron chi connectivity index (χ4n) is 5.23. The first-order chi connectivity index (χ1) is 21.1. The minimum Gasteiger partial charge on any atom is -0.305 e. The summed E-state index contributed by atoms with van der Waals surface area (Å²) in [4.78, 5) is 4.22. The Morgan fingerprint density at radius 3 is 1.93 bits per heavy atom. The molecule has 7 heteroatoms. The van der Waals surface area contributed by atoms with E-state index in [0.29, 0.717) is 16.1 Å². The summed E-state index contributed by atoms with van der Waals surface area (Å²) in [6.07, 6.45) is 1.79. The predicted octanol–water partition coefficient (Wildman–Crippen LogP) is 7.17. The molecule has 5 nitrogen and oxygen atoms in total. The number of benzene rings is 6. The SMILES string of the molecule is O=S1(=O)N=c2c(c3cc(-c4ccccc4)ccc3c3ccc(-c4ccccc4)[c-]c23)=N1.[Pt+2].[c-]1ccccc1-c1ccccn1. The van der Waals surface area contributed by atoms with Crippen LogP contribution >= 0.6 is 0 Å². The van der Waals surface area contributed by atoms with Crippen molar-refractivity contribution in [3.05, 3.63) is 163 Å². The molecule has 8 rings (SSSR count). The van der Waals surface area contributed by atoms with Gasteiger partial charge in [-0.1, -0.05) is 101 Å². The number of nitrogens with zero attached hydrogens (tertiary/aromatic N) is 3. The third-order valence-corrected chi connectivity index (χ3v) is 8.05. The Bertz CT molecular complexity index is 2170. The summed E-state index contributed by atoms with van der Waals surface area (Å²) in [5.41, 5.74) is 5.96. The van der Waals surface area contributed by atoms with Crippen LogP contribution in [0.4, 0.5) is 0 Å². The van der Waals surface area contributed by atoms with E-state index in [2.05, 4.69) is 32.0 Å². The molecule has 1 aliphatic heterocycles. The van der Waals surface area contributed by atoms with Gasteiger partial charge < -0.3 is 4.98 Å². The van der Waals surface area contributed by atoms with Crippen molar-refractivity contribution < 1.29 is 29.5 Å². The second-order valence-electron chi connectivity index (χ2n) is 9.97. The zero-order valence-electron chi connectivity index (χ0n) is 23.2. The minimum absolute atomic E-state index is 0. The average Bonchev–Trinajstić information content (AvgIpc) is 3.42. The van der Waals surface area contributed by atoms with E-state index in [-0.39, 0.29) is 21.1 Å². The second-order valence-corrected chi connectivity index (χ2v) is 11.2. The van der Waals surface area contributed by atoms with Crippen LogP contribution in [0.15, 0.2) is 148 Å². The summed E-state index contributed by atoms with van der Waals surface area (Å²) in [5.74, 6) is 0. The molecular formula is C37H23N3O2PtS. The molecule has 0 saturated carbocycles. The molecule has 2 heterocycles. The normalized spacial score (nSPS) is 12.6. The molecule has 6 aromatic carbocycles. The van der Waals surface area contributed by atoms with E-state index in [1.165, 1.54) is 0 Å². The second kappa shape index (κ2) is 12.5. The van der Waals surface area contributed by atoms with Crippen molar-refractivity contribution >= 4 is 31.8 Å². The average molecular weight is 769 g/mol. The molecule has 44 heavy (non-hydrogen) atoms. The molecule has 1 aliphatic rings. The molecule has 0 aliphatic carbocycles. The standard InChI is InChI=1S/C26H15N2O2S.C11H8N.Pt/c29-31(30)27-25-23-15-19(17-7-3-1-4-8-17)11-13-21(23)22-14-12-20(16-24(22)26(25)28-31)18-9-5-2-6-10-18;1-2-6-10(7-3-1)11-8-4-5-9-12-11;/h1-15H;1-6,8-9H;/q2*-1;+2. The van der Waals surface area contributed by atoms with Crippen molar-refractivity contribution in [2.75, 3.05) is 0 Å². The van der Waals surface area contributed by atoms with E-state index in [1.807, 2.05) is 127 Å². The molecule has 214 valence electrons. The van der Waals surface area contributed by atoms with Crippen LogP contribution in [0.3, 0.4) is 0 Å². The number of hydrogen-bond donors (Lipinski definition) is 0. The van der Waals surface area contributed by atoms with Gasteiger partial charge in [0.05, 0.1) is 5.36 Å². The molecular weight excluding hydrogens is 746 g/mol. The van der Waals surface area contributed by atoms with Crippen molar-refractivity contribution in [2.45, 2.75) is 0 Å². The zero-order valence-corrected chi connectivity index (χ0v) is 26.3. The monoisotopic (exact) mass is 768 g/mol. The van der Waals surface area contributed by atoms with Crippen molar-refractivity contribution in [1.82, 2.24) is 4.98 Å². The number of rotatable bonds is 3. The fourth-order valence-corrected chi connectivity index (χ4v) is 6.09. The summed E-state index contributed by atoms with van der Waals surface area (Å²) in [6.45, 7) is 0. The van der Waals surface area contributed by atoms with Crippen LogP contribution in [0, 0.1) is 12.1 Å². The summed E-state index contributed by atoms with van der Waals surface area (Å²) in [7, 11) is -3.91. The van der Waals surface area contributed by atoms with Gasteiger partial charge in [0.1, 0.15) is 0 Å². The Balaban J connectivity index is 0.000000222. The summed E-state index contributed by atoms with van der Waals surface area (Å²) in [5, 5.41) is 4.03. The van der Waals surface area contributed by atoms with Gasteiger partial charge in [0, 0.05) is 11.6 Å². The van der Waals surface area contributed by atoms with E-state index in [4.69, 9.17) is 0 Å². The van der Waals surface area contributed by atoms with E-state index >= 15 is 0 Å². The fraction of sp³-hybridized carbons (Fsp3) is 0. The molecule has 1 aromatic heterocycles. The van der Waals surface area contributed by atoms with Crippen molar-refractivity contribution in [3.63, 3.8) is 0 Å². The number of fused-ring (bicyclic) bond motifs is 6. The Morgan fingerprint density at radius 1 is 0.545 bits per heavy atom. The smallest absolute Gasteiger partial charge is 0.305 e. The van der Waals surface area contributed by atoms with Crippen LogP contribution in [0.1, 0.15) is 0 Å². The summed E-state index contributed by atoms with van der Waals surface area (Å²) >= 11 is 0.